The Balaban J connectivity index is 1.97. The fourth-order valence-corrected chi connectivity index (χ4v) is 2.17. The van der Waals surface area contributed by atoms with Gasteiger partial charge in [-0.3, -0.25) is 0 Å². The first-order valence-corrected chi connectivity index (χ1v) is 6.17. The van der Waals surface area contributed by atoms with E-state index in [1.165, 1.54) is 18.2 Å². The van der Waals surface area contributed by atoms with Gasteiger partial charge < -0.3 is 9.26 Å². The first kappa shape index (κ1) is 13.1. The van der Waals surface area contributed by atoms with Crippen molar-refractivity contribution >= 4 is 0 Å². The number of rotatable bonds is 2. The van der Waals surface area contributed by atoms with Gasteiger partial charge in [-0.2, -0.15) is 18.2 Å². The van der Waals surface area contributed by atoms with Gasteiger partial charge in [-0.25, -0.2) is 0 Å². The Kier molecular flexibility index (Phi) is 3.21. The van der Waals surface area contributed by atoms with E-state index in [0.717, 1.165) is 18.9 Å². The highest BCUT2D eigenvalue weighted by Gasteiger charge is 2.35. The molecule has 1 atom stereocenters. The molecule has 0 radical (unpaired) electrons. The molecule has 106 valence electrons. The lowest BCUT2D eigenvalue weighted by molar-refractivity contribution is -0.137. The molecule has 0 N–H and O–H groups in total. The third-order valence-electron chi connectivity index (χ3n) is 3.12. The average molecular weight is 284 g/mol. The molecule has 1 aromatic carbocycles. The van der Waals surface area contributed by atoms with Crippen molar-refractivity contribution in [1.29, 1.82) is 0 Å². The summed E-state index contributed by atoms with van der Waals surface area (Å²) in [6.07, 6.45) is -3.15. The molecule has 4 nitrogen and oxygen atoms in total. The second-order valence-corrected chi connectivity index (χ2v) is 4.50. The molecule has 1 fully saturated rings. The highest BCUT2D eigenvalue weighted by atomic mass is 19.4. The Bertz CT molecular complexity index is 604. The molecular formula is C13H11F3N2O2. The highest BCUT2D eigenvalue weighted by molar-refractivity contribution is 5.60. The smallest absolute Gasteiger partial charge is 0.368 e. The van der Waals surface area contributed by atoms with Crippen LogP contribution in [0.1, 0.15) is 30.4 Å². The van der Waals surface area contributed by atoms with Gasteiger partial charge in [0.1, 0.15) is 6.10 Å². The maximum atomic E-state index is 12.9. The Morgan fingerprint density at radius 2 is 2.00 bits per heavy atom. The summed E-state index contributed by atoms with van der Waals surface area (Å²) in [4.78, 5) is 4.03. The molecule has 0 saturated carbocycles. The molecule has 2 heterocycles. The fraction of sp³-hybridized carbons (Fsp3) is 0.385. The van der Waals surface area contributed by atoms with Crippen LogP contribution in [0.25, 0.3) is 11.4 Å². The van der Waals surface area contributed by atoms with Gasteiger partial charge in [0, 0.05) is 12.2 Å². The van der Waals surface area contributed by atoms with Crippen LogP contribution >= 0.6 is 0 Å². The number of halogens is 3. The largest absolute Gasteiger partial charge is 0.417 e. The van der Waals surface area contributed by atoms with Gasteiger partial charge in [0.2, 0.25) is 5.82 Å². The van der Waals surface area contributed by atoms with Crippen molar-refractivity contribution in [3.05, 3.63) is 35.7 Å². The van der Waals surface area contributed by atoms with Crippen molar-refractivity contribution in [2.75, 3.05) is 6.61 Å². The Morgan fingerprint density at radius 3 is 2.70 bits per heavy atom. The second-order valence-electron chi connectivity index (χ2n) is 4.50. The van der Waals surface area contributed by atoms with E-state index in [1.807, 2.05) is 0 Å². The van der Waals surface area contributed by atoms with Crippen LogP contribution in [0.3, 0.4) is 0 Å². The number of benzene rings is 1. The van der Waals surface area contributed by atoms with E-state index in [9.17, 15) is 13.2 Å². The van der Waals surface area contributed by atoms with Crippen molar-refractivity contribution in [1.82, 2.24) is 10.1 Å². The first-order chi connectivity index (χ1) is 9.55. The molecular weight excluding hydrogens is 273 g/mol. The molecule has 1 aliphatic rings. The molecule has 1 aliphatic heterocycles. The van der Waals surface area contributed by atoms with Gasteiger partial charge in [-0.1, -0.05) is 23.4 Å². The lowest BCUT2D eigenvalue weighted by Gasteiger charge is -2.09. The zero-order valence-electron chi connectivity index (χ0n) is 10.4. The molecule has 0 bridgehead atoms. The quantitative estimate of drug-likeness (QED) is 0.845. The minimum Gasteiger partial charge on any atom is -0.368 e. The minimum atomic E-state index is -4.46. The van der Waals surface area contributed by atoms with Gasteiger partial charge >= 0.3 is 6.18 Å². The van der Waals surface area contributed by atoms with Crippen molar-refractivity contribution in [3.63, 3.8) is 0 Å². The third-order valence-corrected chi connectivity index (χ3v) is 3.12. The SMILES string of the molecule is FC(F)(F)c1ccccc1-c1noc([C@@H]2CCCO2)n1. The van der Waals surface area contributed by atoms with Gasteiger partial charge in [0.05, 0.1) is 5.56 Å². The van der Waals surface area contributed by atoms with Crippen molar-refractivity contribution in [3.8, 4) is 11.4 Å². The Hall–Kier alpha value is -1.89. The summed E-state index contributed by atoms with van der Waals surface area (Å²) in [5.41, 5.74) is -0.868. The summed E-state index contributed by atoms with van der Waals surface area (Å²) in [6, 6.07) is 5.16. The lowest BCUT2D eigenvalue weighted by atomic mass is 10.1. The number of aromatic nitrogens is 2. The van der Waals surface area contributed by atoms with Gasteiger partial charge in [0.25, 0.3) is 5.89 Å². The summed E-state index contributed by atoms with van der Waals surface area (Å²) in [5.74, 6) is 0.165. The van der Waals surface area contributed by atoms with Gasteiger partial charge in [0.15, 0.2) is 0 Å². The lowest BCUT2D eigenvalue weighted by Crippen LogP contribution is -2.07. The Labute approximate surface area is 112 Å². The average Bonchev–Trinajstić information content (AvgIpc) is 3.09. The van der Waals surface area contributed by atoms with E-state index in [0.29, 0.717) is 6.61 Å². The Morgan fingerprint density at radius 1 is 1.20 bits per heavy atom. The van der Waals surface area contributed by atoms with Crippen LogP contribution in [0.5, 0.6) is 0 Å². The number of hydrogen-bond donors (Lipinski definition) is 0. The van der Waals surface area contributed by atoms with E-state index in [2.05, 4.69) is 10.1 Å². The number of hydrogen-bond acceptors (Lipinski definition) is 4. The maximum absolute atomic E-state index is 12.9. The summed E-state index contributed by atoms with van der Waals surface area (Å²) in [6.45, 7) is 0.599. The number of alkyl halides is 3. The fourth-order valence-electron chi connectivity index (χ4n) is 2.17. The van der Waals surface area contributed by atoms with Crippen LogP contribution in [0.4, 0.5) is 13.2 Å². The summed E-state index contributed by atoms with van der Waals surface area (Å²) in [7, 11) is 0. The summed E-state index contributed by atoms with van der Waals surface area (Å²) in [5, 5.41) is 3.64. The van der Waals surface area contributed by atoms with Crippen molar-refractivity contribution in [2.45, 2.75) is 25.1 Å². The molecule has 0 unspecified atom stereocenters. The normalized spacial score (nSPS) is 19.4. The molecule has 3 rings (SSSR count). The zero-order chi connectivity index (χ0) is 14.2. The number of nitrogens with zero attached hydrogens (tertiary/aromatic N) is 2. The minimum absolute atomic E-state index is 0.0663. The maximum Gasteiger partial charge on any atom is 0.417 e. The molecule has 7 heteroatoms. The van der Waals surface area contributed by atoms with Crippen molar-refractivity contribution < 1.29 is 22.4 Å². The molecule has 2 aromatic rings. The van der Waals surface area contributed by atoms with E-state index in [4.69, 9.17) is 9.26 Å². The molecule has 1 aromatic heterocycles. The number of ether oxygens (including phenoxy) is 1. The van der Waals surface area contributed by atoms with Crippen LogP contribution < -0.4 is 0 Å². The van der Waals surface area contributed by atoms with Crippen LogP contribution in [0, 0.1) is 0 Å². The second kappa shape index (κ2) is 4.90. The van der Waals surface area contributed by atoms with Crippen molar-refractivity contribution in [2.24, 2.45) is 0 Å². The van der Waals surface area contributed by atoms with E-state index in [1.54, 1.807) is 0 Å². The molecule has 0 aliphatic carbocycles. The van der Waals surface area contributed by atoms with Gasteiger partial charge in [-0.05, 0) is 18.9 Å². The molecule has 0 spiro atoms. The molecule has 1 saturated heterocycles. The topological polar surface area (TPSA) is 48.2 Å². The van der Waals surface area contributed by atoms with E-state index < -0.39 is 11.7 Å². The first-order valence-electron chi connectivity index (χ1n) is 6.17. The standard InChI is InChI=1S/C13H11F3N2O2/c14-13(15,16)9-5-2-1-4-8(9)11-17-12(20-18-11)10-6-3-7-19-10/h1-2,4-5,10H,3,6-7H2/t10-/m0/s1. The third kappa shape index (κ3) is 2.40. The van der Waals surface area contributed by atoms with Gasteiger partial charge in [-0.15, -0.1) is 0 Å². The highest BCUT2D eigenvalue weighted by Crippen LogP contribution is 2.36. The van der Waals surface area contributed by atoms with Crippen LogP contribution in [0.15, 0.2) is 28.8 Å². The van der Waals surface area contributed by atoms with Crippen LogP contribution in [-0.4, -0.2) is 16.7 Å². The summed E-state index contributed by atoms with van der Waals surface area (Å²) >= 11 is 0. The zero-order valence-corrected chi connectivity index (χ0v) is 10.4. The molecule has 20 heavy (non-hydrogen) atoms. The molecule has 0 amide bonds. The van der Waals surface area contributed by atoms with E-state index in [-0.39, 0.29) is 23.4 Å². The monoisotopic (exact) mass is 284 g/mol. The predicted molar refractivity (Wildman–Crippen MR) is 62.7 cm³/mol. The van der Waals surface area contributed by atoms with Crippen LogP contribution in [0.2, 0.25) is 0 Å². The van der Waals surface area contributed by atoms with Crippen LogP contribution in [-0.2, 0) is 10.9 Å². The predicted octanol–water partition coefficient (Wildman–Crippen LogP) is 3.61. The summed E-state index contributed by atoms with van der Waals surface area (Å²) < 4.78 is 49.2. The van der Waals surface area contributed by atoms with E-state index >= 15 is 0 Å².